The zero-order valence-corrected chi connectivity index (χ0v) is 11.5. The fraction of sp³-hybridized carbons (Fsp3) is 0.176. The first-order valence-corrected chi connectivity index (χ1v) is 6.46. The molecule has 3 aromatic rings. The summed E-state index contributed by atoms with van der Waals surface area (Å²) in [4.78, 5) is 0. The maximum absolute atomic E-state index is 9.33. The van der Waals surface area contributed by atoms with Crippen molar-refractivity contribution in [2.75, 3.05) is 14.2 Å². The second-order valence-electron chi connectivity index (χ2n) is 4.65. The number of methoxy groups -OCH3 is 2. The van der Waals surface area contributed by atoms with Crippen LogP contribution in [-0.4, -0.2) is 19.3 Å². The van der Waals surface area contributed by atoms with Crippen LogP contribution in [0, 0.1) is 0 Å². The number of ether oxygens (including phenoxy) is 2. The molecular weight excluding hydrogens is 252 g/mol. The number of aliphatic hydroxyl groups is 1. The Morgan fingerprint density at radius 3 is 1.90 bits per heavy atom. The molecule has 0 fully saturated rings. The molecule has 1 N–H and O–H groups in total. The Labute approximate surface area is 117 Å². The zero-order chi connectivity index (χ0) is 14.1. The van der Waals surface area contributed by atoms with Crippen molar-refractivity contribution in [1.29, 1.82) is 0 Å². The smallest absolute Gasteiger partial charge is 0.134 e. The summed E-state index contributed by atoms with van der Waals surface area (Å²) in [5.74, 6) is 1.65. The lowest BCUT2D eigenvalue weighted by Gasteiger charge is -2.15. The molecular formula is C17H16O3. The third kappa shape index (κ3) is 1.79. The van der Waals surface area contributed by atoms with Crippen LogP contribution in [0.4, 0.5) is 0 Å². The predicted molar refractivity (Wildman–Crippen MR) is 80.5 cm³/mol. The van der Waals surface area contributed by atoms with E-state index < -0.39 is 0 Å². The van der Waals surface area contributed by atoms with Crippen molar-refractivity contribution in [3.63, 3.8) is 0 Å². The lowest BCUT2D eigenvalue weighted by molar-refractivity contribution is 0.282. The molecule has 0 saturated heterocycles. The summed E-state index contributed by atoms with van der Waals surface area (Å²) in [5.41, 5.74) is 0.855. The standard InChI is InChI=1S/C17H16O3/c1-19-16-12-5-3-4-6-13(12)17(20-2)15-9-11(10-18)7-8-14(15)16/h3-9,18H,10H2,1-2H3. The first kappa shape index (κ1) is 12.8. The average Bonchev–Trinajstić information content (AvgIpc) is 2.51. The fourth-order valence-corrected chi connectivity index (χ4v) is 2.68. The summed E-state index contributed by atoms with van der Waals surface area (Å²) in [6.07, 6.45) is 0. The van der Waals surface area contributed by atoms with Crippen LogP contribution in [0.3, 0.4) is 0 Å². The van der Waals surface area contributed by atoms with Crippen LogP contribution < -0.4 is 9.47 Å². The van der Waals surface area contributed by atoms with Crippen molar-refractivity contribution in [3.8, 4) is 11.5 Å². The van der Waals surface area contributed by atoms with Gasteiger partial charge >= 0.3 is 0 Å². The second-order valence-corrected chi connectivity index (χ2v) is 4.65. The van der Waals surface area contributed by atoms with Crippen LogP contribution in [0.5, 0.6) is 11.5 Å². The van der Waals surface area contributed by atoms with E-state index >= 15 is 0 Å². The van der Waals surface area contributed by atoms with Gasteiger partial charge in [0.2, 0.25) is 0 Å². The van der Waals surface area contributed by atoms with E-state index in [4.69, 9.17) is 9.47 Å². The Kier molecular flexibility index (Phi) is 3.20. The molecule has 3 rings (SSSR count). The molecule has 20 heavy (non-hydrogen) atoms. The fourth-order valence-electron chi connectivity index (χ4n) is 2.68. The van der Waals surface area contributed by atoms with Crippen molar-refractivity contribution < 1.29 is 14.6 Å². The number of benzene rings is 3. The minimum absolute atomic E-state index is 0.00817. The summed E-state index contributed by atoms with van der Waals surface area (Å²) in [7, 11) is 3.34. The van der Waals surface area contributed by atoms with E-state index in [0.29, 0.717) is 0 Å². The molecule has 0 aromatic heterocycles. The molecule has 3 nitrogen and oxygen atoms in total. The molecule has 3 aromatic carbocycles. The van der Waals surface area contributed by atoms with Gasteiger partial charge in [-0.15, -0.1) is 0 Å². The highest BCUT2D eigenvalue weighted by Gasteiger charge is 2.14. The number of aliphatic hydroxyl groups excluding tert-OH is 1. The van der Waals surface area contributed by atoms with Crippen molar-refractivity contribution in [3.05, 3.63) is 48.0 Å². The van der Waals surface area contributed by atoms with Gasteiger partial charge in [-0.1, -0.05) is 36.4 Å². The summed E-state index contributed by atoms with van der Waals surface area (Å²) >= 11 is 0. The molecule has 0 heterocycles. The van der Waals surface area contributed by atoms with Gasteiger partial charge in [0, 0.05) is 21.5 Å². The highest BCUT2D eigenvalue weighted by atomic mass is 16.5. The third-order valence-electron chi connectivity index (χ3n) is 3.58. The quantitative estimate of drug-likeness (QED) is 0.739. The van der Waals surface area contributed by atoms with Crippen molar-refractivity contribution in [1.82, 2.24) is 0 Å². The van der Waals surface area contributed by atoms with E-state index in [0.717, 1.165) is 38.6 Å². The maximum Gasteiger partial charge on any atom is 0.134 e. The van der Waals surface area contributed by atoms with Gasteiger partial charge in [0.1, 0.15) is 11.5 Å². The Balaban J connectivity index is 2.54. The molecule has 0 amide bonds. The predicted octanol–water partition coefficient (Wildman–Crippen LogP) is 3.50. The zero-order valence-electron chi connectivity index (χ0n) is 11.5. The monoisotopic (exact) mass is 268 g/mol. The van der Waals surface area contributed by atoms with Crippen LogP contribution in [0.15, 0.2) is 42.5 Å². The second kappa shape index (κ2) is 5.02. The van der Waals surface area contributed by atoms with Gasteiger partial charge in [-0.2, -0.15) is 0 Å². The number of hydrogen-bond acceptors (Lipinski definition) is 3. The number of rotatable bonds is 3. The normalized spacial score (nSPS) is 10.9. The summed E-state index contributed by atoms with van der Waals surface area (Å²) in [6, 6.07) is 13.8. The van der Waals surface area contributed by atoms with Crippen LogP contribution in [0.1, 0.15) is 5.56 Å². The largest absolute Gasteiger partial charge is 0.495 e. The van der Waals surface area contributed by atoms with Gasteiger partial charge in [-0.3, -0.25) is 0 Å². The molecule has 102 valence electrons. The Morgan fingerprint density at radius 1 is 0.800 bits per heavy atom. The van der Waals surface area contributed by atoms with Gasteiger partial charge in [-0.25, -0.2) is 0 Å². The van der Waals surface area contributed by atoms with E-state index in [1.54, 1.807) is 14.2 Å². The first-order valence-electron chi connectivity index (χ1n) is 6.46. The highest BCUT2D eigenvalue weighted by molar-refractivity contribution is 6.11. The molecule has 0 unspecified atom stereocenters. The van der Waals surface area contributed by atoms with Crippen LogP contribution in [0.2, 0.25) is 0 Å². The minimum Gasteiger partial charge on any atom is -0.495 e. The van der Waals surface area contributed by atoms with E-state index in [1.807, 2.05) is 42.5 Å². The van der Waals surface area contributed by atoms with Gasteiger partial charge in [0.25, 0.3) is 0 Å². The summed E-state index contributed by atoms with van der Waals surface area (Å²) < 4.78 is 11.2. The van der Waals surface area contributed by atoms with Gasteiger partial charge in [0.05, 0.1) is 20.8 Å². The molecule has 0 spiro atoms. The van der Waals surface area contributed by atoms with E-state index in [-0.39, 0.29) is 6.61 Å². The molecule has 0 aliphatic heterocycles. The molecule has 0 saturated carbocycles. The van der Waals surface area contributed by atoms with Crippen LogP contribution >= 0.6 is 0 Å². The van der Waals surface area contributed by atoms with Gasteiger partial charge in [-0.05, 0) is 11.6 Å². The third-order valence-corrected chi connectivity index (χ3v) is 3.58. The summed E-state index contributed by atoms with van der Waals surface area (Å²) in [5, 5.41) is 13.3. The Hall–Kier alpha value is -2.26. The SMILES string of the molecule is COc1c2ccccc2c(OC)c2cc(CO)ccc12. The molecule has 0 radical (unpaired) electrons. The molecule has 3 heteroatoms. The Morgan fingerprint density at radius 2 is 1.35 bits per heavy atom. The van der Waals surface area contributed by atoms with Crippen molar-refractivity contribution in [2.45, 2.75) is 6.61 Å². The summed E-state index contributed by atoms with van der Waals surface area (Å²) in [6.45, 7) is 0.00817. The van der Waals surface area contributed by atoms with Crippen LogP contribution in [-0.2, 0) is 6.61 Å². The van der Waals surface area contributed by atoms with E-state index in [1.165, 1.54) is 0 Å². The average molecular weight is 268 g/mol. The van der Waals surface area contributed by atoms with Crippen LogP contribution in [0.25, 0.3) is 21.5 Å². The number of fused-ring (bicyclic) bond motifs is 2. The Bertz CT molecular complexity index is 778. The molecule has 0 bridgehead atoms. The topological polar surface area (TPSA) is 38.7 Å². The highest BCUT2D eigenvalue weighted by Crippen LogP contribution is 2.42. The van der Waals surface area contributed by atoms with Gasteiger partial charge < -0.3 is 14.6 Å². The number of hydrogen-bond donors (Lipinski definition) is 1. The maximum atomic E-state index is 9.33. The lowest BCUT2D eigenvalue weighted by Crippen LogP contribution is -1.94. The van der Waals surface area contributed by atoms with Gasteiger partial charge in [0.15, 0.2) is 0 Å². The lowest BCUT2D eigenvalue weighted by atomic mass is 9.99. The van der Waals surface area contributed by atoms with E-state index in [2.05, 4.69) is 0 Å². The minimum atomic E-state index is 0.00817. The van der Waals surface area contributed by atoms with E-state index in [9.17, 15) is 5.11 Å². The first-order chi connectivity index (χ1) is 9.80. The molecule has 0 aliphatic rings. The van der Waals surface area contributed by atoms with Crippen molar-refractivity contribution in [2.24, 2.45) is 0 Å². The van der Waals surface area contributed by atoms with Crippen molar-refractivity contribution >= 4 is 21.5 Å². The molecule has 0 atom stereocenters. The molecule has 0 aliphatic carbocycles.